The lowest BCUT2D eigenvalue weighted by atomic mass is 10.1. The van der Waals surface area contributed by atoms with Crippen LogP contribution in [0.3, 0.4) is 0 Å². The molecule has 1 heterocycles. The van der Waals surface area contributed by atoms with Crippen molar-refractivity contribution in [3.8, 4) is 5.75 Å². The molecule has 0 atom stereocenters. The smallest absolute Gasteiger partial charge is 0.265 e. The molecule has 28 heavy (non-hydrogen) atoms. The third kappa shape index (κ3) is 4.17. The number of nitrogens with zero attached hydrogens (tertiary/aromatic N) is 1. The number of primary amides is 1. The second kappa shape index (κ2) is 7.91. The van der Waals surface area contributed by atoms with Gasteiger partial charge in [-0.05, 0) is 49.4 Å². The van der Waals surface area contributed by atoms with E-state index in [1.54, 1.807) is 30.3 Å². The summed E-state index contributed by atoms with van der Waals surface area (Å²) < 4.78 is 5.39. The number of nitrogens with two attached hydrogens (primary N) is 1. The summed E-state index contributed by atoms with van der Waals surface area (Å²) in [5.74, 6) is -0.764. The lowest BCUT2D eigenvalue weighted by Crippen LogP contribution is -2.40. The van der Waals surface area contributed by atoms with E-state index in [4.69, 9.17) is 10.5 Å². The predicted octanol–water partition coefficient (Wildman–Crippen LogP) is 1.74. The molecule has 0 unspecified atom stereocenters. The molecule has 3 rings (SSSR count). The first-order valence-electron chi connectivity index (χ1n) is 8.63. The first kappa shape index (κ1) is 19.1. The lowest BCUT2D eigenvalue weighted by Gasteiger charge is -2.29. The normalized spacial score (nSPS) is 12.8. The molecular weight excluding hydrogens is 362 g/mol. The van der Waals surface area contributed by atoms with Crippen molar-refractivity contribution in [2.24, 2.45) is 5.73 Å². The molecule has 3 N–H and O–H groups in total. The van der Waals surface area contributed by atoms with Crippen molar-refractivity contribution >= 4 is 34.9 Å². The molecule has 8 heteroatoms. The quantitative estimate of drug-likeness (QED) is 0.739. The van der Waals surface area contributed by atoms with E-state index in [2.05, 4.69) is 5.32 Å². The molecule has 2 aromatic rings. The number of nitrogens with one attached hydrogen (secondary N) is 1. The van der Waals surface area contributed by atoms with E-state index >= 15 is 0 Å². The number of carbonyl (C=O) groups is 4. The Bertz CT molecular complexity index is 953. The van der Waals surface area contributed by atoms with Crippen LogP contribution in [0, 0.1) is 0 Å². The van der Waals surface area contributed by atoms with Crippen LogP contribution in [0.5, 0.6) is 5.75 Å². The van der Waals surface area contributed by atoms with Gasteiger partial charge in [-0.2, -0.15) is 0 Å². The van der Waals surface area contributed by atoms with E-state index in [0.717, 1.165) is 0 Å². The molecule has 144 valence electrons. The molecule has 1 aliphatic rings. The van der Waals surface area contributed by atoms with Crippen molar-refractivity contribution in [1.29, 1.82) is 0 Å². The second-order valence-electron chi connectivity index (χ2n) is 6.31. The van der Waals surface area contributed by atoms with Crippen LogP contribution in [0.1, 0.15) is 34.1 Å². The molecule has 2 aromatic carbocycles. The fourth-order valence-electron chi connectivity index (χ4n) is 2.82. The van der Waals surface area contributed by atoms with Gasteiger partial charge >= 0.3 is 0 Å². The number of fused-ring (bicyclic) bond motifs is 1. The topological polar surface area (TPSA) is 119 Å². The Morgan fingerprint density at radius 3 is 2.43 bits per heavy atom. The summed E-state index contributed by atoms with van der Waals surface area (Å²) in [6, 6.07) is 11.1. The number of rotatable bonds is 6. The van der Waals surface area contributed by atoms with E-state index in [-0.39, 0.29) is 37.2 Å². The van der Waals surface area contributed by atoms with Gasteiger partial charge in [-0.25, -0.2) is 0 Å². The summed E-state index contributed by atoms with van der Waals surface area (Å²) in [5.41, 5.74) is 6.97. The fourth-order valence-corrected chi connectivity index (χ4v) is 2.82. The first-order valence-corrected chi connectivity index (χ1v) is 8.63. The molecule has 0 radical (unpaired) electrons. The molecular formula is C20H19N3O5. The van der Waals surface area contributed by atoms with Crippen molar-refractivity contribution in [3.05, 3.63) is 53.6 Å². The minimum atomic E-state index is -0.549. The minimum absolute atomic E-state index is 0.0487. The Balaban J connectivity index is 1.67. The molecule has 3 amide bonds. The lowest BCUT2D eigenvalue weighted by molar-refractivity contribution is -0.121. The molecule has 8 nitrogen and oxygen atoms in total. The zero-order chi connectivity index (χ0) is 20.3. The number of hydrogen-bond acceptors (Lipinski definition) is 5. The van der Waals surface area contributed by atoms with Crippen molar-refractivity contribution in [1.82, 2.24) is 0 Å². The number of carbonyl (C=O) groups excluding carboxylic acids is 4. The van der Waals surface area contributed by atoms with Crippen molar-refractivity contribution in [3.63, 3.8) is 0 Å². The van der Waals surface area contributed by atoms with E-state index < -0.39 is 5.91 Å². The first-order chi connectivity index (χ1) is 13.3. The SMILES string of the molecule is CC(=O)c1ccc2c(c1)N(CCC(=O)Nc1ccc(C(N)=O)cc1)C(=O)CO2. The van der Waals surface area contributed by atoms with Gasteiger partial charge in [0.1, 0.15) is 5.75 Å². The molecule has 0 saturated carbocycles. The van der Waals surface area contributed by atoms with Gasteiger partial charge < -0.3 is 20.7 Å². The van der Waals surface area contributed by atoms with Gasteiger partial charge in [0.15, 0.2) is 12.4 Å². The van der Waals surface area contributed by atoms with Crippen molar-refractivity contribution in [2.45, 2.75) is 13.3 Å². The molecule has 0 aliphatic carbocycles. The Kier molecular flexibility index (Phi) is 5.39. The van der Waals surface area contributed by atoms with Crippen molar-refractivity contribution in [2.75, 3.05) is 23.4 Å². The Hall–Kier alpha value is -3.68. The standard InChI is InChI=1S/C20H19N3O5/c1-12(24)14-4-7-17-16(10-14)23(19(26)11-28-17)9-8-18(25)22-15-5-2-13(3-6-15)20(21)27/h2-7,10H,8-9,11H2,1H3,(H2,21,27)(H,22,25). The van der Waals surface area contributed by atoms with E-state index in [0.29, 0.717) is 28.3 Å². The maximum absolute atomic E-state index is 12.3. The van der Waals surface area contributed by atoms with E-state index in [1.807, 2.05) is 0 Å². The zero-order valence-corrected chi connectivity index (χ0v) is 15.2. The number of hydrogen-bond donors (Lipinski definition) is 2. The van der Waals surface area contributed by atoms with Gasteiger partial charge in [0.25, 0.3) is 5.91 Å². The third-order valence-electron chi connectivity index (χ3n) is 4.32. The summed E-state index contributed by atoms with van der Waals surface area (Å²) in [4.78, 5) is 48.6. The number of Topliss-reactive ketones (excluding diaryl/α,β-unsaturated/α-hetero) is 1. The average Bonchev–Trinajstić information content (AvgIpc) is 2.67. The number of ether oxygens (including phenoxy) is 1. The number of benzene rings is 2. The molecule has 0 spiro atoms. The summed E-state index contributed by atoms with van der Waals surface area (Å²) >= 11 is 0. The summed E-state index contributed by atoms with van der Waals surface area (Å²) in [6.07, 6.45) is 0.0487. The molecule has 0 aromatic heterocycles. The minimum Gasteiger partial charge on any atom is -0.482 e. The van der Waals surface area contributed by atoms with Crippen LogP contribution in [0.15, 0.2) is 42.5 Å². The van der Waals surface area contributed by atoms with Crippen LogP contribution in [-0.4, -0.2) is 36.7 Å². The highest BCUT2D eigenvalue weighted by molar-refractivity contribution is 6.02. The van der Waals surface area contributed by atoms with Crippen LogP contribution in [0.4, 0.5) is 11.4 Å². The van der Waals surface area contributed by atoms with Crippen LogP contribution in [0.25, 0.3) is 0 Å². The maximum Gasteiger partial charge on any atom is 0.265 e. The van der Waals surface area contributed by atoms with Gasteiger partial charge in [0, 0.05) is 29.8 Å². The predicted molar refractivity (Wildman–Crippen MR) is 103 cm³/mol. The zero-order valence-electron chi connectivity index (χ0n) is 15.2. The molecule has 0 fully saturated rings. The van der Waals surface area contributed by atoms with Crippen LogP contribution < -0.4 is 20.7 Å². The van der Waals surface area contributed by atoms with Gasteiger partial charge in [-0.15, -0.1) is 0 Å². The number of amides is 3. The highest BCUT2D eigenvalue weighted by Crippen LogP contribution is 2.33. The highest BCUT2D eigenvalue weighted by Gasteiger charge is 2.26. The van der Waals surface area contributed by atoms with Crippen molar-refractivity contribution < 1.29 is 23.9 Å². The van der Waals surface area contributed by atoms with Crippen LogP contribution >= 0.6 is 0 Å². The largest absolute Gasteiger partial charge is 0.482 e. The van der Waals surface area contributed by atoms with Gasteiger partial charge in [-0.3, -0.25) is 19.2 Å². The van der Waals surface area contributed by atoms with Crippen LogP contribution in [-0.2, 0) is 9.59 Å². The molecule has 1 aliphatic heterocycles. The molecule has 0 bridgehead atoms. The Morgan fingerprint density at radius 1 is 1.11 bits per heavy atom. The average molecular weight is 381 g/mol. The fraction of sp³-hybridized carbons (Fsp3) is 0.200. The number of anilines is 2. The Labute approximate surface area is 161 Å². The highest BCUT2D eigenvalue weighted by atomic mass is 16.5. The monoisotopic (exact) mass is 381 g/mol. The van der Waals surface area contributed by atoms with Crippen LogP contribution in [0.2, 0.25) is 0 Å². The third-order valence-corrected chi connectivity index (χ3v) is 4.32. The van der Waals surface area contributed by atoms with Gasteiger partial charge in [-0.1, -0.05) is 0 Å². The van der Waals surface area contributed by atoms with Gasteiger partial charge in [0.2, 0.25) is 11.8 Å². The molecule has 0 saturated heterocycles. The summed E-state index contributed by atoms with van der Waals surface area (Å²) in [6.45, 7) is 1.46. The van der Waals surface area contributed by atoms with E-state index in [9.17, 15) is 19.2 Å². The number of ketones is 1. The summed E-state index contributed by atoms with van der Waals surface area (Å²) in [7, 11) is 0. The van der Waals surface area contributed by atoms with E-state index in [1.165, 1.54) is 24.0 Å². The summed E-state index contributed by atoms with van der Waals surface area (Å²) in [5, 5.41) is 2.70. The Morgan fingerprint density at radius 2 is 1.79 bits per heavy atom. The van der Waals surface area contributed by atoms with Gasteiger partial charge in [0.05, 0.1) is 5.69 Å². The maximum atomic E-state index is 12.3. The second-order valence-corrected chi connectivity index (χ2v) is 6.31.